The minimum atomic E-state index is 0.403. The number of ether oxygens (including phenoxy) is 1. The second-order valence-electron chi connectivity index (χ2n) is 4.37. The summed E-state index contributed by atoms with van der Waals surface area (Å²) in [5.41, 5.74) is 1.51. The Morgan fingerprint density at radius 1 is 1.29 bits per heavy atom. The minimum Gasteiger partial charge on any atom is -0.381 e. The van der Waals surface area contributed by atoms with Crippen molar-refractivity contribution in [3.63, 3.8) is 0 Å². The van der Waals surface area contributed by atoms with Gasteiger partial charge in [0, 0.05) is 26.1 Å². The van der Waals surface area contributed by atoms with Gasteiger partial charge in [-0.15, -0.1) is 0 Å². The molecule has 78 valence electrons. The highest BCUT2D eigenvalue weighted by molar-refractivity contribution is 5.81. The van der Waals surface area contributed by atoms with Crippen LogP contribution in [0.1, 0.15) is 38.5 Å². The molecule has 0 aromatic heterocycles. The third-order valence-electron chi connectivity index (χ3n) is 3.24. The zero-order valence-corrected chi connectivity index (χ0v) is 8.63. The van der Waals surface area contributed by atoms with E-state index in [1.807, 2.05) is 0 Å². The first-order valence-corrected chi connectivity index (χ1v) is 5.62. The minimum absolute atomic E-state index is 0.403. The number of rotatable bonds is 2. The molecule has 14 heavy (non-hydrogen) atoms. The van der Waals surface area contributed by atoms with Crippen LogP contribution in [-0.2, 0) is 9.53 Å². The molecule has 1 aliphatic heterocycles. The third kappa shape index (κ3) is 2.68. The lowest BCUT2D eigenvalue weighted by molar-refractivity contribution is -0.118. The number of carbonyl (C=O) groups is 1. The van der Waals surface area contributed by atoms with E-state index in [-0.39, 0.29) is 0 Å². The van der Waals surface area contributed by atoms with Crippen molar-refractivity contribution in [1.29, 1.82) is 0 Å². The van der Waals surface area contributed by atoms with Crippen LogP contribution >= 0.6 is 0 Å². The average Bonchev–Trinajstić information content (AvgIpc) is 2.23. The van der Waals surface area contributed by atoms with Gasteiger partial charge in [0.15, 0.2) is 0 Å². The van der Waals surface area contributed by atoms with Gasteiger partial charge in [0.1, 0.15) is 5.78 Å². The van der Waals surface area contributed by atoms with Crippen molar-refractivity contribution >= 4 is 5.78 Å². The van der Waals surface area contributed by atoms with Crippen LogP contribution in [-0.4, -0.2) is 19.0 Å². The largest absolute Gasteiger partial charge is 0.381 e. The van der Waals surface area contributed by atoms with Crippen LogP contribution < -0.4 is 0 Å². The summed E-state index contributed by atoms with van der Waals surface area (Å²) >= 11 is 0. The van der Waals surface area contributed by atoms with Crippen molar-refractivity contribution in [2.75, 3.05) is 13.2 Å². The molecule has 1 aliphatic carbocycles. The molecule has 2 heteroatoms. The zero-order chi connectivity index (χ0) is 9.80. The maximum absolute atomic E-state index is 11.0. The van der Waals surface area contributed by atoms with Crippen LogP contribution in [0.4, 0.5) is 0 Å². The molecule has 1 fully saturated rings. The number of ketones is 1. The average molecular weight is 194 g/mol. The number of carbonyl (C=O) groups excluding carboxylic acids is 1. The van der Waals surface area contributed by atoms with E-state index in [4.69, 9.17) is 4.74 Å². The van der Waals surface area contributed by atoms with E-state index in [1.165, 1.54) is 24.8 Å². The number of Topliss-reactive ketones (excluding diaryl/α,β-unsaturated/α-hetero) is 1. The van der Waals surface area contributed by atoms with Crippen LogP contribution in [0.5, 0.6) is 0 Å². The monoisotopic (exact) mass is 194 g/mol. The fourth-order valence-corrected chi connectivity index (χ4v) is 2.27. The molecular formula is C12H18O2. The smallest absolute Gasteiger partial charge is 0.136 e. The van der Waals surface area contributed by atoms with Gasteiger partial charge in [0.25, 0.3) is 0 Å². The summed E-state index contributed by atoms with van der Waals surface area (Å²) in [6.07, 6.45) is 8.22. The number of allylic oxidation sites excluding steroid dienone is 2. The fraction of sp³-hybridized carbons (Fsp3) is 0.750. The molecule has 2 rings (SSSR count). The van der Waals surface area contributed by atoms with Crippen molar-refractivity contribution in [2.24, 2.45) is 5.92 Å². The highest BCUT2D eigenvalue weighted by Gasteiger charge is 2.17. The SMILES string of the molecule is O=C1CC=C(CC2CCOCC2)CC1. The van der Waals surface area contributed by atoms with E-state index >= 15 is 0 Å². The van der Waals surface area contributed by atoms with Crippen molar-refractivity contribution in [3.8, 4) is 0 Å². The molecule has 0 radical (unpaired) electrons. The van der Waals surface area contributed by atoms with Gasteiger partial charge in [-0.3, -0.25) is 4.79 Å². The quantitative estimate of drug-likeness (QED) is 0.631. The third-order valence-corrected chi connectivity index (χ3v) is 3.24. The van der Waals surface area contributed by atoms with Crippen molar-refractivity contribution < 1.29 is 9.53 Å². The predicted molar refractivity (Wildman–Crippen MR) is 55.1 cm³/mol. The molecule has 2 nitrogen and oxygen atoms in total. The molecule has 0 unspecified atom stereocenters. The van der Waals surface area contributed by atoms with Gasteiger partial charge in [0.2, 0.25) is 0 Å². The summed E-state index contributed by atoms with van der Waals surface area (Å²) in [5, 5.41) is 0. The van der Waals surface area contributed by atoms with Crippen LogP contribution in [0.15, 0.2) is 11.6 Å². The van der Waals surface area contributed by atoms with Gasteiger partial charge in [-0.2, -0.15) is 0 Å². The van der Waals surface area contributed by atoms with Gasteiger partial charge in [-0.1, -0.05) is 11.6 Å². The molecule has 0 spiro atoms. The van der Waals surface area contributed by atoms with Gasteiger partial charge in [0.05, 0.1) is 0 Å². The lowest BCUT2D eigenvalue weighted by Crippen LogP contribution is -2.17. The summed E-state index contributed by atoms with van der Waals surface area (Å²) < 4.78 is 5.33. The number of hydrogen-bond donors (Lipinski definition) is 0. The predicted octanol–water partition coefficient (Wildman–Crippen LogP) is 2.48. The van der Waals surface area contributed by atoms with Gasteiger partial charge < -0.3 is 4.74 Å². The topological polar surface area (TPSA) is 26.3 Å². The first-order chi connectivity index (χ1) is 6.84. The molecule has 2 aliphatic rings. The van der Waals surface area contributed by atoms with Gasteiger partial charge >= 0.3 is 0 Å². The Hall–Kier alpha value is -0.630. The van der Waals surface area contributed by atoms with Crippen molar-refractivity contribution in [3.05, 3.63) is 11.6 Å². The van der Waals surface area contributed by atoms with E-state index in [2.05, 4.69) is 6.08 Å². The molecule has 0 amide bonds. The molecule has 1 heterocycles. The van der Waals surface area contributed by atoms with Crippen LogP contribution in [0, 0.1) is 5.92 Å². The lowest BCUT2D eigenvalue weighted by atomic mass is 9.87. The Morgan fingerprint density at radius 3 is 2.71 bits per heavy atom. The molecule has 1 saturated heterocycles. The van der Waals surface area contributed by atoms with Crippen molar-refractivity contribution in [1.82, 2.24) is 0 Å². The standard InChI is InChI=1S/C12H18O2/c13-12-3-1-10(2-4-12)9-11-5-7-14-8-6-11/h1,11H,2-9H2. The molecular weight excluding hydrogens is 176 g/mol. The van der Waals surface area contributed by atoms with E-state index in [9.17, 15) is 4.79 Å². The maximum Gasteiger partial charge on any atom is 0.136 e. The Balaban J connectivity index is 1.81. The molecule has 0 aromatic rings. The summed E-state index contributed by atoms with van der Waals surface area (Å²) in [6, 6.07) is 0. The Kier molecular flexibility index (Phi) is 3.35. The lowest BCUT2D eigenvalue weighted by Gasteiger charge is -2.24. The molecule has 0 bridgehead atoms. The first-order valence-electron chi connectivity index (χ1n) is 5.62. The van der Waals surface area contributed by atoms with E-state index in [0.29, 0.717) is 12.2 Å². The summed E-state index contributed by atoms with van der Waals surface area (Å²) in [7, 11) is 0. The maximum atomic E-state index is 11.0. The summed E-state index contributed by atoms with van der Waals surface area (Å²) in [5.74, 6) is 1.21. The van der Waals surface area contributed by atoms with Crippen LogP contribution in [0.25, 0.3) is 0 Å². The Bertz CT molecular complexity index is 237. The second-order valence-corrected chi connectivity index (χ2v) is 4.37. The van der Waals surface area contributed by atoms with Crippen LogP contribution in [0.3, 0.4) is 0 Å². The van der Waals surface area contributed by atoms with Crippen LogP contribution in [0.2, 0.25) is 0 Å². The fourth-order valence-electron chi connectivity index (χ4n) is 2.27. The van der Waals surface area contributed by atoms with E-state index < -0.39 is 0 Å². The molecule has 0 N–H and O–H groups in total. The summed E-state index contributed by atoms with van der Waals surface area (Å²) in [4.78, 5) is 11.0. The Morgan fingerprint density at radius 2 is 2.07 bits per heavy atom. The number of hydrogen-bond acceptors (Lipinski definition) is 2. The van der Waals surface area contributed by atoms with Gasteiger partial charge in [-0.05, 0) is 31.6 Å². The Labute approximate surface area is 85.3 Å². The van der Waals surface area contributed by atoms with E-state index in [1.54, 1.807) is 0 Å². The highest BCUT2D eigenvalue weighted by atomic mass is 16.5. The molecule has 0 atom stereocenters. The zero-order valence-electron chi connectivity index (χ0n) is 8.63. The van der Waals surface area contributed by atoms with E-state index in [0.717, 1.165) is 32.0 Å². The second kappa shape index (κ2) is 4.74. The van der Waals surface area contributed by atoms with Gasteiger partial charge in [-0.25, -0.2) is 0 Å². The molecule has 0 saturated carbocycles. The normalized spacial score (nSPS) is 24.9. The highest BCUT2D eigenvalue weighted by Crippen LogP contribution is 2.27. The molecule has 0 aromatic carbocycles. The van der Waals surface area contributed by atoms with Crippen molar-refractivity contribution in [2.45, 2.75) is 38.5 Å². The summed E-state index contributed by atoms with van der Waals surface area (Å²) in [6.45, 7) is 1.85. The first kappa shape index (κ1) is 9.91.